The lowest BCUT2D eigenvalue weighted by molar-refractivity contribution is -0.138. The minimum Gasteiger partial charge on any atom is -0.390 e. The van der Waals surface area contributed by atoms with Crippen molar-refractivity contribution in [1.82, 2.24) is 4.90 Å². The molecule has 4 rings (SSSR count). The van der Waals surface area contributed by atoms with Crippen LogP contribution >= 0.6 is 0 Å². The number of rotatable bonds is 7. The molecule has 0 bridgehead atoms. The lowest BCUT2D eigenvalue weighted by Crippen LogP contribution is -2.40. The third-order valence-corrected chi connectivity index (χ3v) is 6.54. The SMILES string of the molecule is CN(C)c1ccc(C2=NOC(CN(Cc3ccc(C(F)(F)F)cc3)C(=O)C3CCCC3)C2)cc1. The highest BCUT2D eigenvalue weighted by atomic mass is 19.4. The van der Waals surface area contributed by atoms with Crippen LogP contribution in [0.25, 0.3) is 0 Å². The van der Waals surface area contributed by atoms with Crippen LogP contribution in [0, 0.1) is 5.92 Å². The zero-order valence-corrected chi connectivity index (χ0v) is 19.5. The van der Waals surface area contributed by atoms with Gasteiger partial charge in [-0.3, -0.25) is 4.79 Å². The molecule has 1 heterocycles. The zero-order chi connectivity index (χ0) is 24.3. The lowest BCUT2D eigenvalue weighted by Gasteiger charge is -2.27. The first-order valence-corrected chi connectivity index (χ1v) is 11.7. The highest BCUT2D eigenvalue weighted by Gasteiger charge is 2.33. The second-order valence-corrected chi connectivity index (χ2v) is 9.31. The van der Waals surface area contributed by atoms with E-state index in [1.165, 1.54) is 12.1 Å². The van der Waals surface area contributed by atoms with E-state index in [1.807, 2.05) is 43.3 Å². The summed E-state index contributed by atoms with van der Waals surface area (Å²) in [5, 5.41) is 4.26. The first-order valence-electron chi connectivity index (χ1n) is 11.7. The molecule has 5 nitrogen and oxygen atoms in total. The molecular weight excluding hydrogens is 443 g/mol. The third kappa shape index (κ3) is 5.72. The monoisotopic (exact) mass is 473 g/mol. The normalized spacial score (nSPS) is 18.5. The van der Waals surface area contributed by atoms with E-state index in [4.69, 9.17) is 4.84 Å². The molecule has 1 fully saturated rings. The molecule has 1 aliphatic carbocycles. The molecule has 2 aromatic carbocycles. The van der Waals surface area contributed by atoms with Gasteiger partial charge in [0.1, 0.15) is 0 Å². The summed E-state index contributed by atoms with van der Waals surface area (Å²) in [6, 6.07) is 13.1. The predicted octanol–water partition coefficient (Wildman–Crippen LogP) is 5.48. The number of halogens is 3. The molecule has 1 aliphatic heterocycles. The summed E-state index contributed by atoms with van der Waals surface area (Å²) in [4.78, 5) is 22.7. The van der Waals surface area contributed by atoms with Crippen molar-refractivity contribution >= 4 is 17.3 Å². The Bertz CT molecular complexity index is 1010. The van der Waals surface area contributed by atoms with Crippen molar-refractivity contribution in [2.45, 2.75) is 50.9 Å². The number of amides is 1. The number of hydrogen-bond acceptors (Lipinski definition) is 4. The molecular formula is C26H30F3N3O2. The summed E-state index contributed by atoms with van der Waals surface area (Å²) < 4.78 is 38.8. The minimum atomic E-state index is -4.38. The highest BCUT2D eigenvalue weighted by Crippen LogP contribution is 2.31. The number of hydrogen-bond donors (Lipinski definition) is 0. The average molecular weight is 474 g/mol. The van der Waals surface area contributed by atoms with Crippen molar-refractivity contribution in [2.75, 3.05) is 25.5 Å². The number of oxime groups is 1. The summed E-state index contributed by atoms with van der Waals surface area (Å²) in [6.07, 6.45) is -0.330. The number of alkyl halides is 3. The van der Waals surface area contributed by atoms with Gasteiger partial charge < -0.3 is 14.6 Å². The fourth-order valence-corrected chi connectivity index (χ4v) is 4.58. The maximum Gasteiger partial charge on any atom is 0.416 e. The zero-order valence-electron chi connectivity index (χ0n) is 19.5. The fourth-order valence-electron chi connectivity index (χ4n) is 4.58. The van der Waals surface area contributed by atoms with E-state index in [9.17, 15) is 18.0 Å². The Morgan fingerprint density at radius 3 is 2.26 bits per heavy atom. The van der Waals surface area contributed by atoms with E-state index >= 15 is 0 Å². The lowest BCUT2D eigenvalue weighted by atomic mass is 10.0. The molecule has 2 aromatic rings. The molecule has 1 saturated carbocycles. The quantitative estimate of drug-likeness (QED) is 0.535. The Labute approximate surface area is 198 Å². The van der Waals surface area contributed by atoms with E-state index in [-0.39, 0.29) is 24.5 Å². The van der Waals surface area contributed by atoms with Gasteiger partial charge in [0.05, 0.1) is 17.8 Å². The second-order valence-electron chi connectivity index (χ2n) is 9.31. The number of carbonyl (C=O) groups excluding carboxylic acids is 1. The molecule has 0 radical (unpaired) electrons. The van der Waals surface area contributed by atoms with Crippen LogP contribution in [0.2, 0.25) is 0 Å². The van der Waals surface area contributed by atoms with Crippen molar-refractivity contribution in [1.29, 1.82) is 0 Å². The van der Waals surface area contributed by atoms with Crippen LogP contribution in [0.5, 0.6) is 0 Å². The predicted molar refractivity (Wildman–Crippen MR) is 126 cm³/mol. The van der Waals surface area contributed by atoms with Gasteiger partial charge in [0.15, 0.2) is 6.10 Å². The number of benzene rings is 2. The van der Waals surface area contributed by atoms with Gasteiger partial charge in [0.2, 0.25) is 5.91 Å². The fraction of sp³-hybridized carbons (Fsp3) is 0.462. The molecule has 182 valence electrons. The van der Waals surface area contributed by atoms with Crippen molar-refractivity contribution in [3.8, 4) is 0 Å². The standard InChI is InChI=1S/C26H30F3N3O2/c1-31(2)22-13-9-19(10-14-22)24-15-23(34-30-24)17-32(25(33)20-5-3-4-6-20)16-18-7-11-21(12-8-18)26(27,28)29/h7-14,20,23H,3-6,15-17H2,1-2H3. The van der Waals surface area contributed by atoms with Crippen molar-refractivity contribution < 1.29 is 22.8 Å². The van der Waals surface area contributed by atoms with Gasteiger partial charge >= 0.3 is 6.18 Å². The Kier molecular flexibility index (Phi) is 7.14. The number of anilines is 1. The van der Waals surface area contributed by atoms with Gasteiger partial charge in [-0.15, -0.1) is 0 Å². The second kappa shape index (κ2) is 10.1. The van der Waals surface area contributed by atoms with Crippen LogP contribution in [0.1, 0.15) is 48.8 Å². The van der Waals surface area contributed by atoms with E-state index < -0.39 is 11.7 Å². The molecule has 1 atom stereocenters. The summed E-state index contributed by atoms with van der Waals surface area (Å²) in [5.74, 6) is 0.0135. The van der Waals surface area contributed by atoms with Crippen LogP contribution in [0.4, 0.5) is 18.9 Å². The van der Waals surface area contributed by atoms with Gasteiger partial charge in [0.25, 0.3) is 0 Å². The maximum atomic E-state index is 13.3. The van der Waals surface area contributed by atoms with E-state index in [0.717, 1.165) is 54.8 Å². The van der Waals surface area contributed by atoms with Gasteiger partial charge in [-0.2, -0.15) is 13.2 Å². The third-order valence-electron chi connectivity index (χ3n) is 6.54. The molecule has 0 spiro atoms. The van der Waals surface area contributed by atoms with Gasteiger partial charge in [-0.1, -0.05) is 42.3 Å². The Balaban J connectivity index is 1.44. The summed E-state index contributed by atoms with van der Waals surface area (Å²) in [7, 11) is 3.96. The first kappa shape index (κ1) is 24.1. The van der Waals surface area contributed by atoms with Gasteiger partial charge in [-0.25, -0.2) is 0 Å². The first-order chi connectivity index (χ1) is 16.2. The molecule has 34 heavy (non-hydrogen) atoms. The van der Waals surface area contributed by atoms with Crippen molar-refractivity contribution in [3.05, 3.63) is 65.2 Å². The van der Waals surface area contributed by atoms with Crippen LogP contribution in [-0.4, -0.2) is 43.3 Å². The Morgan fingerprint density at radius 2 is 1.68 bits per heavy atom. The molecule has 2 aliphatic rings. The van der Waals surface area contributed by atoms with Gasteiger partial charge in [-0.05, 0) is 48.2 Å². The average Bonchev–Trinajstić information content (AvgIpc) is 3.51. The van der Waals surface area contributed by atoms with Crippen LogP contribution in [-0.2, 0) is 22.4 Å². The van der Waals surface area contributed by atoms with Crippen molar-refractivity contribution in [3.63, 3.8) is 0 Å². The largest absolute Gasteiger partial charge is 0.416 e. The summed E-state index contributed by atoms with van der Waals surface area (Å²) in [5.41, 5.74) is 2.87. The van der Waals surface area contributed by atoms with Crippen molar-refractivity contribution in [2.24, 2.45) is 11.1 Å². The smallest absolute Gasteiger partial charge is 0.390 e. The number of carbonyl (C=O) groups is 1. The molecule has 0 aromatic heterocycles. The molecule has 8 heteroatoms. The minimum absolute atomic E-state index is 0.0326. The van der Waals surface area contributed by atoms with Crippen LogP contribution in [0.15, 0.2) is 53.7 Å². The Morgan fingerprint density at radius 1 is 1.03 bits per heavy atom. The number of nitrogens with zero attached hydrogens (tertiary/aromatic N) is 3. The molecule has 0 N–H and O–H groups in total. The van der Waals surface area contributed by atoms with Crippen LogP contribution < -0.4 is 4.90 Å². The summed E-state index contributed by atoms with van der Waals surface area (Å²) in [6.45, 7) is 0.597. The van der Waals surface area contributed by atoms with Crippen LogP contribution in [0.3, 0.4) is 0 Å². The molecule has 0 saturated heterocycles. The topological polar surface area (TPSA) is 45.1 Å². The van der Waals surface area contributed by atoms with E-state index in [0.29, 0.717) is 18.5 Å². The van der Waals surface area contributed by atoms with E-state index in [1.54, 1.807) is 4.90 Å². The highest BCUT2D eigenvalue weighted by molar-refractivity contribution is 6.01. The molecule has 1 amide bonds. The molecule has 1 unspecified atom stereocenters. The summed E-state index contributed by atoms with van der Waals surface area (Å²) >= 11 is 0. The van der Waals surface area contributed by atoms with Gasteiger partial charge in [0, 0.05) is 38.7 Å². The Hall–Kier alpha value is -3.03. The maximum absolute atomic E-state index is 13.3. The van der Waals surface area contributed by atoms with E-state index in [2.05, 4.69) is 5.16 Å².